The number of nitrogens with one attached hydrogen (secondary N) is 1. The molecule has 0 radical (unpaired) electrons. The number of hydrogen-bond acceptors (Lipinski definition) is 2. The fraction of sp³-hybridized carbons (Fsp3) is 0.882. The van der Waals surface area contributed by atoms with Crippen LogP contribution < -0.4 is 5.32 Å². The van der Waals surface area contributed by atoms with Gasteiger partial charge in [0.1, 0.15) is 0 Å². The van der Waals surface area contributed by atoms with Gasteiger partial charge in [0.25, 0.3) is 0 Å². The van der Waals surface area contributed by atoms with Crippen molar-refractivity contribution < 1.29 is 14.7 Å². The number of aliphatic carboxylic acids is 1. The van der Waals surface area contributed by atoms with Crippen LogP contribution in [0.4, 0.5) is 0 Å². The average Bonchev–Trinajstić information content (AvgIpc) is 2.98. The number of carboxylic acid groups (broad SMARTS) is 1. The molecule has 0 aliphatic heterocycles. The maximum atomic E-state index is 12.0. The van der Waals surface area contributed by atoms with Gasteiger partial charge in [-0.25, -0.2) is 0 Å². The zero-order chi connectivity index (χ0) is 15.5. The maximum absolute atomic E-state index is 12.0. The molecule has 0 aromatic heterocycles. The monoisotopic (exact) mass is 295 g/mol. The molecule has 2 saturated carbocycles. The SMILES string of the molecule is CC(C)(CCNC(=O)CC1CC2CCC1C2)CCC(=O)O. The summed E-state index contributed by atoms with van der Waals surface area (Å²) in [5.74, 6) is 1.74. The molecule has 1 amide bonds. The van der Waals surface area contributed by atoms with Crippen LogP contribution in [0, 0.1) is 23.2 Å². The zero-order valence-electron chi connectivity index (χ0n) is 13.4. The number of amides is 1. The van der Waals surface area contributed by atoms with Crippen molar-refractivity contribution in [2.45, 2.75) is 65.2 Å². The van der Waals surface area contributed by atoms with E-state index >= 15 is 0 Å². The molecule has 2 N–H and O–H groups in total. The predicted octanol–water partition coefficient (Wildman–Crippen LogP) is 3.21. The smallest absolute Gasteiger partial charge is 0.303 e. The molecule has 2 fully saturated rings. The summed E-state index contributed by atoms with van der Waals surface area (Å²) < 4.78 is 0. The molecule has 2 rings (SSSR count). The minimum absolute atomic E-state index is 0.0297. The predicted molar refractivity (Wildman–Crippen MR) is 81.8 cm³/mol. The standard InChI is InChI=1S/C17H29NO3/c1-17(2,6-5-16(20)21)7-8-18-15(19)11-14-10-12-3-4-13(14)9-12/h12-14H,3-11H2,1-2H3,(H,18,19)(H,20,21). The first-order chi connectivity index (χ1) is 9.85. The minimum atomic E-state index is -0.747. The molecule has 21 heavy (non-hydrogen) atoms. The van der Waals surface area contributed by atoms with Crippen LogP contribution in [-0.2, 0) is 9.59 Å². The Kier molecular flexibility index (Phi) is 5.28. The second kappa shape index (κ2) is 6.80. The molecule has 2 aliphatic carbocycles. The third-order valence-corrected chi connectivity index (χ3v) is 5.47. The van der Waals surface area contributed by atoms with E-state index in [9.17, 15) is 9.59 Å². The van der Waals surface area contributed by atoms with E-state index in [1.165, 1.54) is 25.7 Å². The van der Waals surface area contributed by atoms with E-state index in [4.69, 9.17) is 5.11 Å². The molecule has 120 valence electrons. The van der Waals surface area contributed by atoms with Crippen molar-refractivity contribution >= 4 is 11.9 Å². The van der Waals surface area contributed by atoms with E-state index < -0.39 is 5.97 Å². The lowest BCUT2D eigenvalue weighted by Crippen LogP contribution is -2.30. The van der Waals surface area contributed by atoms with E-state index in [0.29, 0.717) is 25.3 Å². The Labute approximate surface area is 127 Å². The average molecular weight is 295 g/mol. The molecule has 0 spiro atoms. The van der Waals surface area contributed by atoms with E-state index in [1.807, 2.05) is 0 Å². The van der Waals surface area contributed by atoms with E-state index in [1.54, 1.807) is 0 Å². The topological polar surface area (TPSA) is 66.4 Å². The summed E-state index contributed by atoms with van der Waals surface area (Å²) in [5, 5.41) is 11.8. The van der Waals surface area contributed by atoms with E-state index in [2.05, 4.69) is 19.2 Å². The number of rotatable bonds is 8. The summed E-state index contributed by atoms with van der Waals surface area (Å²) in [6, 6.07) is 0. The van der Waals surface area contributed by atoms with Crippen molar-refractivity contribution in [2.24, 2.45) is 23.2 Å². The van der Waals surface area contributed by atoms with Gasteiger partial charge in [0.15, 0.2) is 0 Å². The highest BCUT2D eigenvalue weighted by Crippen LogP contribution is 2.49. The second-order valence-electron chi connectivity index (χ2n) is 7.80. The van der Waals surface area contributed by atoms with Crippen LogP contribution in [0.25, 0.3) is 0 Å². The van der Waals surface area contributed by atoms with Crippen molar-refractivity contribution in [2.75, 3.05) is 6.54 Å². The molecule has 0 aromatic carbocycles. The molecule has 4 heteroatoms. The van der Waals surface area contributed by atoms with Crippen molar-refractivity contribution in [3.05, 3.63) is 0 Å². The van der Waals surface area contributed by atoms with Gasteiger partial charge in [0.05, 0.1) is 0 Å². The summed E-state index contributed by atoms with van der Waals surface area (Å²) in [7, 11) is 0. The van der Waals surface area contributed by atoms with Crippen LogP contribution in [0.2, 0.25) is 0 Å². The Morgan fingerprint density at radius 2 is 1.95 bits per heavy atom. The third-order valence-electron chi connectivity index (χ3n) is 5.47. The third kappa shape index (κ3) is 5.01. The first-order valence-corrected chi connectivity index (χ1v) is 8.34. The molecule has 4 nitrogen and oxygen atoms in total. The van der Waals surface area contributed by atoms with E-state index in [0.717, 1.165) is 18.3 Å². The first kappa shape index (κ1) is 16.3. The molecule has 2 bridgehead atoms. The van der Waals surface area contributed by atoms with Gasteiger partial charge in [-0.3, -0.25) is 9.59 Å². The van der Waals surface area contributed by atoms with Gasteiger partial charge in [-0.1, -0.05) is 20.3 Å². The maximum Gasteiger partial charge on any atom is 0.303 e. The fourth-order valence-electron chi connectivity index (χ4n) is 4.05. The second-order valence-corrected chi connectivity index (χ2v) is 7.80. The van der Waals surface area contributed by atoms with Gasteiger partial charge in [-0.2, -0.15) is 0 Å². The summed E-state index contributed by atoms with van der Waals surface area (Å²) in [5.41, 5.74) is -0.0297. The summed E-state index contributed by atoms with van der Waals surface area (Å²) in [6.45, 7) is 4.79. The highest BCUT2D eigenvalue weighted by atomic mass is 16.4. The van der Waals surface area contributed by atoms with Gasteiger partial charge < -0.3 is 10.4 Å². The van der Waals surface area contributed by atoms with Crippen LogP contribution in [0.1, 0.15) is 65.2 Å². The van der Waals surface area contributed by atoms with Crippen molar-refractivity contribution in [1.82, 2.24) is 5.32 Å². The van der Waals surface area contributed by atoms with Gasteiger partial charge in [-0.15, -0.1) is 0 Å². The number of fused-ring (bicyclic) bond motifs is 2. The quantitative estimate of drug-likeness (QED) is 0.722. The van der Waals surface area contributed by atoms with Gasteiger partial charge in [0, 0.05) is 19.4 Å². The van der Waals surface area contributed by atoms with Gasteiger partial charge in [-0.05, 0) is 55.3 Å². The lowest BCUT2D eigenvalue weighted by molar-refractivity contribution is -0.137. The van der Waals surface area contributed by atoms with Crippen LogP contribution in [0.15, 0.2) is 0 Å². The summed E-state index contributed by atoms with van der Waals surface area (Å²) >= 11 is 0. The number of carbonyl (C=O) groups is 2. The Morgan fingerprint density at radius 3 is 2.52 bits per heavy atom. The van der Waals surface area contributed by atoms with E-state index in [-0.39, 0.29) is 17.7 Å². The summed E-state index contributed by atoms with van der Waals surface area (Å²) in [4.78, 5) is 22.6. The Balaban J connectivity index is 1.61. The number of hydrogen-bond donors (Lipinski definition) is 2. The summed E-state index contributed by atoms with van der Waals surface area (Å²) in [6.07, 6.45) is 7.68. The highest BCUT2D eigenvalue weighted by Gasteiger charge is 2.40. The van der Waals surface area contributed by atoms with Crippen molar-refractivity contribution in [3.63, 3.8) is 0 Å². The minimum Gasteiger partial charge on any atom is -0.481 e. The molecule has 3 atom stereocenters. The highest BCUT2D eigenvalue weighted by molar-refractivity contribution is 5.76. The lowest BCUT2D eigenvalue weighted by atomic mass is 9.84. The zero-order valence-corrected chi connectivity index (χ0v) is 13.4. The lowest BCUT2D eigenvalue weighted by Gasteiger charge is -2.24. The first-order valence-electron chi connectivity index (χ1n) is 8.34. The fourth-order valence-corrected chi connectivity index (χ4v) is 4.05. The molecule has 2 aliphatic rings. The van der Waals surface area contributed by atoms with Crippen LogP contribution >= 0.6 is 0 Å². The Morgan fingerprint density at radius 1 is 1.19 bits per heavy atom. The Bertz CT molecular complexity index is 391. The molecular formula is C17H29NO3. The van der Waals surface area contributed by atoms with Gasteiger partial charge in [0.2, 0.25) is 5.91 Å². The molecule has 3 unspecified atom stereocenters. The number of carboxylic acids is 1. The van der Waals surface area contributed by atoms with Crippen LogP contribution in [0.5, 0.6) is 0 Å². The van der Waals surface area contributed by atoms with Crippen molar-refractivity contribution in [3.8, 4) is 0 Å². The van der Waals surface area contributed by atoms with Crippen LogP contribution in [0.3, 0.4) is 0 Å². The van der Waals surface area contributed by atoms with Crippen LogP contribution in [-0.4, -0.2) is 23.5 Å². The number of carbonyl (C=O) groups excluding carboxylic acids is 1. The molecular weight excluding hydrogens is 266 g/mol. The largest absolute Gasteiger partial charge is 0.481 e. The normalized spacial score (nSPS) is 27.8. The van der Waals surface area contributed by atoms with Crippen molar-refractivity contribution in [1.29, 1.82) is 0 Å². The molecule has 0 heterocycles. The molecule has 0 aromatic rings. The van der Waals surface area contributed by atoms with Gasteiger partial charge >= 0.3 is 5.97 Å². The Hall–Kier alpha value is -1.06. The molecule has 0 saturated heterocycles.